The summed E-state index contributed by atoms with van der Waals surface area (Å²) in [7, 11) is 3.49. The van der Waals surface area contributed by atoms with Crippen LogP contribution < -0.4 is 10.1 Å². The van der Waals surface area contributed by atoms with E-state index < -0.39 is 0 Å². The van der Waals surface area contributed by atoms with E-state index in [9.17, 15) is 0 Å². The van der Waals surface area contributed by atoms with E-state index in [0.29, 0.717) is 11.5 Å². The van der Waals surface area contributed by atoms with Crippen LogP contribution in [0.5, 0.6) is 5.75 Å². The molecule has 1 atom stereocenters. The third-order valence-corrected chi connectivity index (χ3v) is 4.17. The summed E-state index contributed by atoms with van der Waals surface area (Å²) in [5.41, 5.74) is 1.77. The Kier molecular flexibility index (Phi) is 4.83. The fourth-order valence-electron chi connectivity index (χ4n) is 2.41. The van der Waals surface area contributed by atoms with Gasteiger partial charge in [-0.05, 0) is 49.3 Å². The van der Waals surface area contributed by atoms with Gasteiger partial charge >= 0.3 is 0 Å². The number of hydrogen-bond donors (Lipinski definition) is 1. The zero-order chi connectivity index (χ0) is 13.7. The minimum Gasteiger partial charge on any atom is -0.497 e. The molecule has 1 aliphatic rings. The second-order valence-electron chi connectivity index (χ2n) is 5.62. The van der Waals surface area contributed by atoms with Crippen molar-refractivity contribution in [2.24, 2.45) is 5.41 Å². The van der Waals surface area contributed by atoms with Gasteiger partial charge in [0, 0.05) is 26.3 Å². The highest BCUT2D eigenvalue weighted by Gasteiger charge is 2.41. The van der Waals surface area contributed by atoms with Gasteiger partial charge in [-0.15, -0.1) is 0 Å². The van der Waals surface area contributed by atoms with E-state index in [1.165, 1.54) is 24.8 Å². The first-order valence-electron chi connectivity index (χ1n) is 7.05. The molecule has 0 bridgehead atoms. The molecule has 0 saturated heterocycles. The van der Waals surface area contributed by atoms with Crippen molar-refractivity contribution in [3.63, 3.8) is 0 Å². The summed E-state index contributed by atoms with van der Waals surface area (Å²) in [6.07, 6.45) is 3.82. The summed E-state index contributed by atoms with van der Waals surface area (Å²) >= 11 is 0. The van der Waals surface area contributed by atoms with E-state index in [2.05, 4.69) is 24.4 Å². The molecule has 106 valence electrons. The molecule has 0 amide bonds. The predicted molar refractivity (Wildman–Crippen MR) is 77.6 cm³/mol. The van der Waals surface area contributed by atoms with Crippen molar-refractivity contribution in [3.8, 4) is 5.75 Å². The van der Waals surface area contributed by atoms with Gasteiger partial charge in [-0.25, -0.2) is 0 Å². The monoisotopic (exact) mass is 263 g/mol. The third kappa shape index (κ3) is 3.95. The van der Waals surface area contributed by atoms with Gasteiger partial charge in [0.25, 0.3) is 0 Å². The van der Waals surface area contributed by atoms with Crippen LogP contribution in [0, 0.1) is 5.41 Å². The Balaban J connectivity index is 1.85. The SMILES string of the molecule is COCCC1(CNC(C)c2cccc(OC)c2)CC1. The number of benzene rings is 1. The van der Waals surface area contributed by atoms with Gasteiger partial charge < -0.3 is 14.8 Å². The molecule has 0 spiro atoms. The number of methoxy groups -OCH3 is 2. The van der Waals surface area contributed by atoms with E-state index in [-0.39, 0.29) is 0 Å². The number of nitrogens with one attached hydrogen (secondary N) is 1. The fraction of sp³-hybridized carbons (Fsp3) is 0.625. The van der Waals surface area contributed by atoms with Crippen molar-refractivity contribution in [1.29, 1.82) is 0 Å². The van der Waals surface area contributed by atoms with Crippen LogP contribution in [0.2, 0.25) is 0 Å². The molecule has 0 aromatic heterocycles. The molecule has 1 aliphatic carbocycles. The van der Waals surface area contributed by atoms with Crippen LogP contribution in [0.15, 0.2) is 24.3 Å². The summed E-state index contributed by atoms with van der Waals surface area (Å²) in [5, 5.41) is 3.65. The average Bonchev–Trinajstić information content (AvgIpc) is 3.23. The number of hydrogen-bond acceptors (Lipinski definition) is 3. The molecular formula is C16H25NO2. The van der Waals surface area contributed by atoms with E-state index in [1.54, 1.807) is 14.2 Å². The second-order valence-corrected chi connectivity index (χ2v) is 5.62. The van der Waals surface area contributed by atoms with Gasteiger partial charge in [-0.1, -0.05) is 12.1 Å². The van der Waals surface area contributed by atoms with Crippen LogP contribution >= 0.6 is 0 Å². The Labute approximate surface area is 116 Å². The van der Waals surface area contributed by atoms with Crippen molar-refractivity contribution in [2.45, 2.75) is 32.2 Å². The largest absolute Gasteiger partial charge is 0.497 e. The lowest BCUT2D eigenvalue weighted by Gasteiger charge is -2.20. The smallest absolute Gasteiger partial charge is 0.119 e. The van der Waals surface area contributed by atoms with Crippen molar-refractivity contribution < 1.29 is 9.47 Å². The van der Waals surface area contributed by atoms with Gasteiger partial charge in [0.05, 0.1) is 7.11 Å². The summed E-state index contributed by atoms with van der Waals surface area (Å²) in [6, 6.07) is 8.64. The van der Waals surface area contributed by atoms with Crippen LogP contribution in [-0.2, 0) is 4.74 Å². The Bertz CT molecular complexity index is 401. The molecule has 1 unspecified atom stereocenters. The third-order valence-electron chi connectivity index (χ3n) is 4.17. The van der Waals surface area contributed by atoms with Crippen LogP contribution in [0.3, 0.4) is 0 Å². The molecule has 1 aromatic rings. The maximum Gasteiger partial charge on any atom is 0.119 e. The molecule has 3 nitrogen and oxygen atoms in total. The van der Waals surface area contributed by atoms with Gasteiger partial charge in [-0.3, -0.25) is 0 Å². The molecule has 3 heteroatoms. The minimum atomic E-state index is 0.357. The Morgan fingerprint density at radius 1 is 1.32 bits per heavy atom. The predicted octanol–water partition coefficient (Wildman–Crippen LogP) is 3.16. The summed E-state index contributed by atoms with van der Waals surface area (Å²) in [6.45, 7) is 4.16. The van der Waals surface area contributed by atoms with Gasteiger partial charge in [0.2, 0.25) is 0 Å². The van der Waals surface area contributed by atoms with Gasteiger partial charge in [-0.2, -0.15) is 0 Å². The lowest BCUT2D eigenvalue weighted by molar-refractivity contribution is 0.170. The quantitative estimate of drug-likeness (QED) is 0.781. The van der Waals surface area contributed by atoms with Gasteiger partial charge in [0.1, 0.15) is 5.75 Å². The van der Waals surface area contributed by atoms with Crippen LogP contribution in [0.25, 0.3) is 0 Å². The fourth-order valence-corrected chi connectivity index (χ4v) is 2.41. The normalized spacial score (nSPS) is 18.1. The van der Waals surface area contributed by atoms with Crippen molar-refractivity contribution in [1.82, 2.24) is 5.32 Å². The standard InChI is InChI=1S/C16H25NO2/c1-13(14-5-4-6-15(11-14)19-3)17-12-16(7-8-16)9-10-18-2/h4-6,11,13,17H,7-10,12H2,1-3H3. The molecular weight excluding hydrogens is 238 g/mol. The van der Waals surface area contributed by atoms with E-state index in [1.807, 2.05) is 12.1 Å². The molecule has 0 radical (unpaired) electrons. The van der Waals surface area contributed by atoms with Crippen LogP contribution in [0.4, 0.5) is 0 Å². The lowest BCUT2D eigenvalue weighted by atomic mass is 10.0. The summed E-state index contributed by atoms with van der Waals surface area (Å²) in [4.78, 5) is 0. The highest BCUT2D eigenvalue weighted by molar-refractivity contribution is 5.30. The second kappa shape index (κ2) is 6.40. The van der Waals surface area contributed by atoms with E-state index in [0.717, 1.165) is 18.9 Å². The minimum absolute atomic E-state index is 0.357. The van der Waals surface area contributed by atoms with Crippen molar-refractivity contribution in [2.75, 3.05) is 27.4 Å². The van der Waals surface area contributed by atoms with Crippen LogP contribution in [-0.4, -0.2) is 27.4 Å². The Hall–Kier alpha value is -1.06. The number of rotatable bonds is 8. The molecule has 1 aromatic carbocycles. The molecule has 1 fully saturated rings. The average molecular weight is 263 g/mol. The maximum atomic E-state index is 5.27. The van der Waals surface area contributed by atoms with Gasteiger partial charge in [0.15, 0.2) is 0 Å². The molecule has 1 saturated carbocycles. The molecule has 0 heterocycles. The first-order valence-corrected chi connectivity index (χ1v) is 7.05. The zero-order valence-corrected chi connectivity index (χ0v) is 12.2. The first kappa shape index (κ1) is 14.4. The first-order chi connectivity index (χ1) is 9.19. The van der Waals surface area contributed by atoms with E-state index in [4.69, 9.17) is 9.47 Å². The van der Waals surface area contributed by atoms with Crippen LogP contribution in [0.1, 0.15) is 37.8 Å². The zero-order valence-electron chi connectivity index (χ0n) is 12.2. The maximum absolute atomic E-state index is 5.27. The molecule has 19 heavy (non-hydrogen) atoms. The summed E-state index contributed by atoms with van der Waals surface area (Å²) in [5.74, 6) is 0.923. The van der Waals surface area contributed by atoms with Crippen molar-refractivity contribution in [3.05, 3.63) is 29.8 Å². The highest BCUT2D eigenvalue weighted by atomic mass is 16.5. The van der Waals surface area contributed by atoms with E-state index >= 15 is 0 Å². The Morgan fingerprint density at radius 2 is 2.11 bits per heavy atom. The topological polar surface area (TPSA) is 30.5 Å². The number of ether oxygens (including phenoxy) is 2. The molecule has 2 rings (SSSR count). The summed E-state index contributed by atoms with van der Waals surface area (Å²) < 4.78 is 10.5. The highest BCUT2D eigenvalue weighted by Crippen LogP contribution is 2.48. The Morgan fingerprint density at radius 3 is 2.74 bits per heavy atom. The molecule has 1 N–H and O–H groups in total. The lowest BCUT2D eigenvalue weighted by Crippen LogP contribution is -2.27. The molecule has 0 aliphatic heterocycles. The van der Waals surface area contributed by atoms with Crippen molar-refractivity contribution >= 4 is 0 Å².